The number of carbonyl (C=O) groups is 1. The van der Waals surface area contributed by atoms with E-state index in [-0.39, 0.29) is 18.3 Å². The van der Waals surface area contributed by atoms with E-state index in [1.165, 1.54) is 11.3 Å². The zero-order chi connectivity index (χ0) is 14.5. The summed E-state index contributed by atoms with van der Waals surface area (Å²) >= 11 is 1.19. The molecule has 0 aliphatic rings. The van der Waals surface area contributed by atoms with Gasteiger partial charge in [-0.3, -0.25) is 4.79 Å². The van der Waals surface area contributed by atoms with Gasteiger partial charge in [0.15, 0.2) is 0 Å². The molecule has 0 saturated carbocycles. The average molecular weight is 301 g/mol. The minimum absolute atomic E-state index is 0.0959. The fraction of sp³-hybridized carbons (Fsp3) is 0.417. The monoisotopic (exact) mass is 301 g/mol. The summed E-state index contributed by atoms with van der Waals surface area (Å²) in [5.74, 6) is 4.78. The second kappa shape index (κ2) is 6.70. The third kappa shape index (κ3) is 5.87. The van der Waals surface area contributed by atoms with Crippen molar-refractivity contribution in [3.05, 3.63) is 21.9 Å². The van der Waals surface area contributed by atoms with E-state index in [9.17, 15) is 13.2 Å². The van der Waals surface area contributed by atoms with Gasteiger partial charge < -0.3 is 10.4 Å². The Labute approximate surface area is 116 Å². The molecule has 0 aliphatic heterocycles. The summed E-state index contributed by atoms with van der Waals surface area (Å²) in [6, 6.07) is 2.86. The van der Waals surface area contributed by atoms with Crippen LogP contribution in [-0.4, -0.2) is 44.1 Å². The molecule has 2 N–H and O–H groups in total. The molecule has 1 aromatic heterocycles. The molecule has 7 heteroatoms. The van der Waals surface area contributed by atoms with Crippen LogP contribution in [0.1, 0.15) is 21.5 Å². The Balaban J connectivity index is 2.66. The number of sulfone groups is 1. The van der Waals surface area contributed by atoms with Crippen molar-refractivity contribution in [1.82, 2.24) is 5.32 Å². The van der Waals surface area contributed by atoms with Gasteiger partial charge in [-0.05, 0) is 19.1 Å². The van der Waals surface area contributed by atoms with Crippen molar-refractivity contribution in [2.45, 2.75) is 13.0 Å². The van der Waals surface area contributed by atoms with E-state index in [1.54, 1.807) is 19.1 Å². The smallest absolute Gasteiger partial charge is 0.261 e. The summed E-state index contributed by atoms with van der Waals surface area (Å²) in [4.78, 5) is 13.0. The molecule has 0 saturated heterocycles. The first-order valence-electron chi connectivity index (χ1n) is 5.50. The molecule has 1 atom stereocenters. The highest BCUT2D eigenvalue weighted by atomic mass is 32.2. The summed E-state index contributed by atoms with van der Waals surface area (Å²) in [6.07, 6.45) is 1.13. The molecule has 1 unspecified atom stereocenters. The molecule has 1 aromatic rings. The third-order valence-electron chi connectivity index (χ3n) is 2.05. The Morgan fingerprint density at radius 3 is 2.79 bits per heavy atom. The van der Waals surface area contributed by atoms with Crippen molar-refractivity contribution in [3.63, 3.8) is 0 Å². The lowest BCUT2D eigenvalue weighted by atomic mass is 10.3. The summed E-state index contributed by atoms with van der Waals surface area (Å²) < 4.78 is 22.2. The summed E-state index contributed by atoms with van der Waals surface area (Å²) in [5, 5.41) is 11.2. The van der Waals surface area contributed by atoms with Crippen LogP contribution in [0.5, 0.6) is 0 Å². The lowest BCUT2D eigenvalue weighted by Crippen LogP contribution is -2.36. The van der Waals surface area contributed by atoms with Crippen molar-refractivity contribution >= 4 is 27.1 Å². The van der Waals surface area contributed by atoms with E-state index in [4.69, 9.17) is 5.11 Å². The van der Waals surface area contributed by atoms with Gasteiger partial charge in [0.2, 0.25) is 0 Å². The second-order valence-corrected chi connectivity index (χ2v) is 7.36. The van der Waals surface area contributed by atoms with Crippen molar-refractivity contribution in [2.75, 3.05) is 18.6 Å². The topological polar surface area (TPSA) is 83.5 Å². The van der Waals surface area contributed by atoms with Crippen molar-refractivity contribution in [3.8, 4) is 11.8 Å². The number of aliphatic hydroxyl groups is 1. The standard InChI is InChI=1S/C12H15NO4S2/c1-9(8-19(2,16)17)13-12(15)11-6-5-10(18-11)4-3-7-14/h5-6,9,14H,7-8H2,1-2H3,(H,13,15). The van der Waals surface area contributed by atoms with Crippen LogP contribution in [0.25, 0.3) is 0 Å². The van der Waals surface area contributed by atoms with Crippen molar-refractivity contribution < 1.29 is 18.3 Å². The zero-order valence-corrected chi connectivity index (χ0v) is 12.3. The largest absolute Gasteiger partial charge is 0.384 e. The highest BCUT2D eigenvalue weighted by Crippen LogP contribution is 2.15. The van der Waals surface area contributed by atoms with Gasteiger partial charge in [-0.2, -0.15) is 0 Å². The molecular formula is C12H15NO4S2. The number of rotatable bonds is 4. The Morgan fingerprint density at radius 1 is 1.53 bits per heavy atom. The van der Waals surface area contributed by atoms with Crippen LogP contribution >= 0.6 is 11.3 Å². The van der Waals surface area contributed by atoms with Crippen LogP contribution in [0.3, 0.4) is 0 Å². The molecule has 0 radical (unpaired) electrons. The van der Waals surface area contributed by atoms with E-state index in [1.807, 2.05) is 0 Å². The predicted molar refractivity (Wildman–Crippen MR) is 74.9 cm³/mol. The normalized spacial score (nSPS) is 12.4. The molecular weight excluding hydrogens is 286 g/mol. The van der Waals surface area contributed by atoms with Gasteiger partial charge in [-0.15, -0.1) is 11.3 Å². The second-order valence-electron chi connectivity index (χ2n) is 4.09. The maximum absolute atomic E-state index is 11.8. The number of carbonyl (C=O) groups excluding carboxylic acids is 1. The fourth-order valence-electron chi connectivity index (χ4n) is 1.44. The number of aliphatic hydroxyl groups excluding tert-OH is 1. The molecule has 104 valence electrons. The molecule has 19 heavy (non-hydrogen) atoms. The molecule has 1 rings (SSSR count). The minimum Gasteiger partial charge on any atom is -0.384 e. The number of thiophene rings is 1. The third-order valence-corrected chi connectivity index (χ3v) is 4.16. The number of amides is 1. The van der Waals surface area contributed by atoms with Gasteiger partial charge in [0.1, 0.15) is 16.4 Å². The number of nitrogens with one attached hydrogen (secondary N) is 1. The van der Waals surface area contributed by atoms with Crippen LogP contribution in [0.2, 0.25) is 0 Å². The maximum Gasteiger partial charge on any atom is 0.261 e. The average Bonchev–Trinajstić information content (AvgIpc) is 2.72. The van der Waals surface area contributed by atoms with E-state index >= 15 is 0 Å². The van der Waals surface area contributed by atoms with Crippen LogP contribution in [0.15, 0.2) is 12.1 Å². The maximum atomic E-state index is 11.8. The van der Waals surface area contributed by atoms with E-state index in [2.05, 4.69) is 17.2 Å². The molecule has 0 spiro atoms. The molecule has 0 aromatic carbocycles. The highest BCUT2D eigenvalue weighted by molar-refractivity contribution is 7.90. The summed E-state index contributed by atoms with van der Waals surface area (Å²) in [6.45, 7) is 1.41. The minimum atomic E-state index is -3.12. The number of hydrogen-bond donors (Lipinski definition) is 2. The SMILES string of the molecule is CC(CS(C)(=O)=O)NC(=O)c1ccc(C#CCO)s1. The molecule has 1 heterocycles. The Kier molecular flexibility index (Phi) is 5.54. The van der Waals surface area contributed by atoms with Gasteiger partial charge in [0.05, 0.1) is 15.5 Å². The van der Waals surface area contributed by atoms with Gasteiger partial charge >= 0.3 is 0 Å². The summed E-state index contributed by atoms with van der Waals surface area (Å²) in [5.41, 5.74) is 0. The fourth-order valence-corrected chi connectivity index (χ4v) is 3.22. The van der Waals surface area contributed by atoms with Gasteiger partial charge in [0.25, 0.3) is 5.91 Å². The molecule has 5 nitrogen and oxygen atoms in total. The first kappa shape index (κ1) is 15.7. The molecule has 0 aliphatic carbocycles. The lowest BCUT2D eigenvalue weighted by Gasteiger charge is -2.11. The van der Waals surface area contributed by atoms with Crippen molar-refractivity contribution in [2.24, 2.45) is 0 Å². The van der Waals surface area contributed by atoms with Gasteiger partial charge in [0, 0.05) is 12.3 Å². The lowest BCUT2D eigenvalue weighted by molar-refractivity contribution is 0.0947. The van der Waals surface area contributed by atoms with E-state index in [0.717, 1.165) is 6.26 Å². The molecule has 0 bridgehead atoms. The van der Waals surface area contributed by atoms with Crippen molar-refractivity contribution in [1.29, 1.82) is 0 Å². The molecule has 0 fully saturated rings. The van der Waals surface area contributed by atoms with Crippen LogP contribution < -0.4 is 5.32 Å². The number of hydrogen-bond acceptors (Lipinski definition) is 5. The zero-order valence-electron chi connectivity index (χ0n) is 10.6. The first-order valence-corrected chi connectivity index (χ1v) is 8.37. The van der Waals surface area contributed by atoms with Gasteiger partial charge in [-0.1, -0.05) is 11.8 Å². The molecule has 1 amide bonds. The van der Waals surface area contributed by atoms with Crippen LogP contribution in [-0.2, 0) is 9.84 Å². The summed E-state index contributed by atoms with van der Waals surface area (Å²) in [7, 11) is -3.12. The highest BCUT2D eigenvalue weighted by Gasteiger charge is 2.15. The predicted octanol–water partition coefficient (Wildman–Crippen LogP) is 0.255. The quantitative estimate of drug-likeness (QED) is 0.781. The first-order chi connectivity index (χ1) is 8.81. The Morgan fingerprint density at radius 2 is 2.21 bits per heavy atom. The Bertz CT molecular complexity index is 607. The van der Waals surface area contributed by atoms with E-state index < -0.39 is 15.9 Å². The Hall–Kier alpha value is -1.36. The van der Waals surface area contributed by atoms with Gasteiger partial charge in [-0.25, -0.2) is 8.42 Å². The van der Waals surface area contributed by atoms with Crippen LogP contribution in [0.4, 0.5) is 0 Å². The van der Waals surface area contributed by atoms with Crippen LogP contribution in [0, 0.1) is 11.8 Å². The van der Waals surface area contributed by atoms with E-state index in [0.29, 0.717) is 9.75 Å².